The van der Waals surface area contributed by atoms with E-state index >= 15 is 0 Å². The predicted octanol–water partition coefficient (Wildman–Crippen LogP) is 4.51. The van der Waals surface area contributed by atoms with Gasteiger partial charge in [0.2, 0.25) is 0 Å². The average molecular weight is 299 g/mol. The Kier molecular flexibility index (Phi) is 4.23. The summed E-state index contributed by atoms with van der Waals surface area (Å²) < 4.78 is 2.47. The van der Waals surface area contributed by atoms with Crippen LogP contribution in [-0.4, -0.2) is 15.6 Å². The summed E-state index contributed by atoms with van der Waals surface area (Å²) in [7, 11) is 0. The Balaban J connectivity index is 2.16. The van der Waals surface area contributed by atoms with Gasteiger partial charge in [-0.25, -0.2) is 0 Å². The largest absolute Gasteiger partial charge is 0.481 e. The Labute approximate surface area is 131 Å². The number of carboxylic acids is 1. The zero-order valence-corrected chi connectivity index (χ0v) is 13.6. The van der Waals surface area contributed by atoms with Crippen LogP contribution in [0.15, 0.2) is 18.2 Å². The minimum Gasteiger partial charge on any atom is -0.481 e. The molecule has 0 aliphatic heterocycles. The van der Waals surface area contributed by atoms with Crippen LogP contribution in [0.5, 0.6) is 0 Å². The minimum absolute atomic E-state index is 0.274. The molecule has 0 radical (unpaired) electrons. The lowest BCUT2D eigenvalue weighted by atomic mass is 9.84. The number of hydrogen-bond donors (Lipinski definition) is 1. The first-order valence-corrected chi connectivity index (χ1v) is 8.52. The van der Waals surface area contributed by atoms with Crippen molar-refractivity contribution in [2.75, 3.05) is 0 Å². The average Bonchev–Trinajstić information content (AvgIpc) is 2.87. The molecule has 3 heteroatoms. The minimum atomic E-state index is -0.680. The van der Waals surface area contributed by atoms with E-state index in [4.69, 9.17) is 5.11 Å². The maximum absolute atomic E-state index is 11.0. The molecule has 0 fully saturated rings. The van der Waals surface area contributed by atoms with Crippen molar-refractivity contribution in [2.24, 2.45) is 0 Å². The number of fused-ring (bicyclic) bond motifs is 3. The molecule has 1 heterocycles. The van der Waals surface area contributed by atoms with Gasteiger partial charge in [-0.05, 0) is 50.2 Å². The molecule has 0 amide bonds. The van der Waals surface area contributed by atoms with Crippen LogP contribution in [0.1, 0.15) is 62.3 Å². The number of nitrogens with zero attached hydrogens (tertiary/aromatic N) is 1. The summed E-state index contributed by atoms with van der Waals surface area (Å²) in [5.41, 5.74) is 5.70. The van der Waals surface area contributed by atoms with Crippen molar-refractivity contribution in [3.63, 3.8) is 0 Å². The number of aliphatic carboxylic acids is 1. The van der Waals surface area contributed by atoms with E-state index in [9.17, 15) is 4.79 Å². The summed E-state index contributed by atoms with van der Waals surface area (Å²) >= 11 is 0. The lowest BCUT2D eigenvalue weighted by Crippen LogP contribution is -2.15. The lowest BCUT2D eigenvalue weighted by molar-refractivity contribution is -0.137. The van der Waals surface area contributed by atoms with Gasteiger partial charge < -0.3 is 9.67 Å². The summed E-state index contributed by atoms with van der Waals surface area (Å²) in [6, 6.07) is 6.65. The molecule has 3 nitrogen and oxygen atoms in total. The predicted molar refractivity (Wildman–Crippen MR) is 89.5 cm³/mol. The molecule has 1 atom stereocenters. The van der Waals surface area contributed by atoms with E-state index in [2.05, 4.69) is 36.6 Å². The van der Waals surface area contributed by atoms with Crippen molar-refractivity contribution in [3.8, 4) is 0 Å². The van der Waals surface area contributed by atoms with Crippen molar-refractivity contribution < 1.29 is 9.90 Å². The molecule has 0 saturated heterocycles. The first kappa shape index (κ1) is 15.1. The van der Waals surface area contributed by atoms with E-state index in [0.717, 1.165) is 32.2 Å². The fourth-order valence-electron chi connectivity index (χ4n) is 4.16. The normalized spacial score (nSPS) is 17.6. The molecular formula is C19H25NO2. The Morgan fingerprint density at radius 3 is 2.86 bits per heavy atom. The molecule has 0 saturated carbocycles. The molecule has 3 rings (SSSR count). The molecule has 2 aromatic rings. The van der Waals surface area contributed by atoms with E-state index in [1.54, 1.807) is 0 Å². The van der Waals surface area contributed by atoms with Gasteiger partial charge in [-0.3, -0.25) is 4.79 Å². The Bertz CT molecular complexity index is 699. The first-order chi connectivity index (χ1) is 10.7. The van der Waals surface area contributed by atoms with Gasteiger partial charge in [0.05, 0.1) is 5.52 Å². The maximum atomic E-state index is 11.0. The molecule has 22 heavy (non-hydrogen) atoms. The highest BCUT2D eigenvalue weighted by atomic mass is 16.4. The smallest absolute Gasteiger partial charge is 0.303 e. The van der Waals surface area contributed by atoms with E-state index < -0.39 is 5.97 Å². The zero-order chi connectivity index (χ0) is 15.7. The molecular weight excluding hydrogens is 274 g/mol. The number of benzene rings is 1. The van der Waals surface area contributed by atoms with Crippen LogP contribution < -0.4 is 0 Å². The van der Waals surface area contributed by atoms with E-state index in [1.807, 2.05) is 0 Å². The first-order valence-electron chi connectivity index (χ1n) is 8.52. The summed E-state index contributed by atoms with van der Waals surface area (Å²) in [5.74, 6) is -0.280. The second kappa shape index (κ2) is 6.15. The van der Waals surface area contributed by atoms with Gasteiger partial charge in [0.15, 0.2) is 0 Å². The topological polar surface area (TPSA) is 42.2 Å². The molecule has 118 valence electrons. The number of aromatic nitrogens is 1. The molecule has 0 bridgehead atoms. The van der Waals surface area contributed by atoms with Crippen molar-refractivity contribution >= 4 is 16.9 Å². The van der Waals surface area contributed by atoms with E-state index in [0.29, 0.717) is 5.92 Å². The van der Waals surface area contributed by atoms with Crippen LogP contribution >= 0.6 is 0 Å². The highest BCUT2D eigenvalue weighted by Crippen LogP contribution is 2.41. The second-order valence-corrected chi connectivity index (χ2v) is 6.30. The molecule has 1 aromatic carbocycles. The van der Waals surface area contributed by atoms with Gasteiger partial charge in [-0.2, -0.15) is 0 Å². The molecule has 0 spiro atoms. The third-order valence-electron chi connectivity index (χ3n) is 5.08. The fraction of sp³-hybridized carbons (Fsp3) is 0.526. The highest BCUT2D eigenvalue weighted by Gasteiger charge is 2.28. The number of para-hydroxylation sites is 1. The number of aryl methyl sites for hydroxylation is 3. The number of hydrogen-bond acceptors (Lipinski definition) is 1. The molecule has 1 aliphatic carbocycles. The fourth-order valence-corrected chi connectivity index (χ4v) is 4.16. The van der Waals surface area contributed by atoms with Gasteiger partial charge in [0.25, 0.3) is 0 Å². The van der Waals surface area contributed by atoms with Crippen molar-refractivity contribution in [1.29, 1.82) is 0 Å². The van der Waals surface area contributed by atoms with E-state index in [-0.39, 0.29) is 6.42 Å². The van der Waals surface area contributed by atoms with Crippen LogP contribution in [0.2, 0.25) is 0 Å². The molecule has 1 unspecified atom stereocenters. The van der Waals surface area contributed by atoms with Crippen molar-refractivity contribution in [3.05, 3.63) is 35.0 Å². The van der Waals surface area contributed by atoms with Crippen LogP contribution in [0.25, 0.3) is 10.9 Å². The third-order valence-corrected chi connectivity index (χ3v) is 5.08. The Morgan fingerprint density at radius 1 is 1.36 bits per heavy atom. The quantitative estimate of drug-likeness (QED) is 0.882. The van der Waals surface area contributed by atoms with Gasteiger partial charge >= 0.3 is 5.97 Å². The zero-order valence-electron chi connectivity index (χ0n) is 13.6. The lowest BCUT2D eigenvalue weighted by Gasteiger charge is -2.25. The Morgan fingerprint density at radius 2 is 2.18 bits per heavy atom. The third kappa shape index (κ3) is 2.43. The summed E-state index contributed by atoms with van der Waals surface area (Å²) in [6.07, 6.45) is 5.51. The SMILES string of the molecule is CCc1cccc2c3c(n(CC)c12)C(CCC(=O)O)CCC3. The summed E-state index contributed by atoms with van der Waals surface area (Å²) in [5, 5.41) is 10.4. The Hall–Kier alpha value is -1.77. The molecule has 1 aromatic heterocycles. The van der Waals surface area contributed by atoms with Crippen molar-refractivity contribution in [2.45, 2.75) is 64.8 Å². The second-order valence-electron chi connectivity index (χ2n) is 6.30. The van der Waals surface area contributed by atoms with Gasteiger partial charge in [-0.15, -0.1) is 0 Å². The highest BCUT2D eigenvalue weighted by molar-refractivity contribution is 5.89. The van der Waals surface area contributed by atoms with Crippen molar-refractivity contribution in [1.82, 2.24) is 4.57 Å². The summed E-state index contributed by atoms with van der Waals surface area (Å²) in [6.45, 7) is 5.38. The standard InChI is InChI=1S/C19H25NO2/c1-3-13-7-5-9-15-16-10-6-8-14(11-12-17(21)22)19(16)20(4-2)18(13)15/h5,7,9,14H,3-4,6,8,10-12H2,1-2H3,(H,21,22). The number of rotatable bonds is 5. The van der Waals surface area contributed by atoms with Gasteiger partial charge in [0.1, 0.15) is 0 Å². The van der Waals surface area contributed by atoms with Crippen LogP contribution in [0.4, 0.5) is 0 Å². The summed E-state index contributed by atoms with van der Waals surface area (Å²) in [4.78, 5) is 11.0. The van der Waals surface area contributed by atoms with E-state index in [1.165, 1.54) is 34.1 Å². The van der Waals surface area contributed by atoms with Gasteiger partial charge in [-0.1, -0.05) is 25.1 Å². The number of carboxylic acid groups (broad SMARTS) is 1. The van der Waals surface area contributed by atoms with Gasteiger partial charge in [0, 0.05) is 30.0 Å². The van der Waals surface area contributed by atoms with Crippen LogP contribution in [-0.2, 0) is 24.2 Å². The monoisotopic (exact) mass is 299 g/mol. The molecule has 1 aliphatic rings. The number of carbonyl (C=O) groups is 1. The van der Waals surface area contributed by atoms with Crippen LogP contribution in [0, 0.1) is 0 Å². The molecule has 1 N–H and O–H groups in total. The van der Waals surface area contributed by atoms with Crippen LogP contribution in [0.3, 0.4) is 0 Å². The maximum Gasteiger partial charge on any atom is 0.303 e.